The molecule has 0 bridgehead atoms. The summed E-state index contributed by atoms with van der Waals surface area (Å²) in [7, 11) is 1.96. The van der Waals surface area contributed by atoms with Crippen LogP contribution in [0.15, 0.2) is 45.8 Å². The summed E-state index contributed by atoms with van der Waals surface area (Å²) < 4.78 is 5.49. The molecule has 1 aromatic carbocycles. The van der Waals surface area contributed by atoms with Crippen molar-refractivity contribution in [2.24, 2.45) is 0 Å². The summed E-state index contributed by atoms with van der Waals surface area (Å²) in [5.41, 5.74) is 7.27. The van der Waals surface area contributed by atoms with Gasteiger partial charge in [0.1, 0.15) is 11.8 Å². The van der Waals surface area contributed by atoms with E-state index in [2.05, 4.69) is 14.9 Å². The highest BCUT2D eigenvalue weighted by molar-refractivity contribution is 6.06. The molecular weight excluding hydrogens is 346 g/mol. The molecule has 3 aromatic rings. The minimum absolute atomic E-state index is 0.0191. The van der Waals surface area contributed by atoms with Gasteiger partial charge in [-0.05, 0) is 19.5 Å². The van der Waals surface area contributed by atoms with E-state index in [9.17, 15) is 9.59 Å². The number of aromatic amines is 1. The van der Waals surface area contributed by atoms with E-state index in [1.807, 2.05) is 36.2 Å². The second-order valence-electron chi connectivity index (χ2n) is 6.88. The summed E-state index contributed by atoms with van der Waals surface area (Å²) in [5, 5.41) is 0.836. The summed E-state index contributed by atoms with van der Waals surface area (Å²) in [5.74, 6) is 0.0929. The number of furan rings is 1. The SMILES string of the molecule is CN(Cc1cc(=O)[nH]c(N)n1)[C@H]1CCN(C(=O)c2coc3ccccc23)C1. The van der Waals surface area contributed by atoms with Crippen LogP contribution >= 0.6 is 0 Å². The number of anilines is 1. The number of carbonyl (C=O) groups is 1. The minimum atomic E-state index is -0.263. The second kappa shape index (κ2) is 6.88. The topological polar surface area (TPSA) is 108 Å². The van der Waals surface area contributed by atoms with Gasteiger partial charge in [-0.25, -0.2) is 4.98 Å². The Balaban J connectivity index is 1.45. The van der Waals surface area contributed by atoms with Crippen LogP contribution in [0.2, 0.25) is 0 Å². The molecule has 1 amide bonds. The lowest BCUT2D eigenvalue weighted by Gasteiger charge is -2.24. The fraction of sp³-hybridized carbons (Fsp3) is 0.316. The number of carbonyl (C=O) groups excluding carboxylic acids is 1. The molecule has 4 rings (SSSR count). The first-order chi connectivity index (χ1) is 13.0. The van der Waals surface area contributed by atoms with Crippen molar-refractivity contribution < 1.29 is 9.21 Å². The van der Waals surface area contributed by atoms with E-state index in [0.29, 0.717) is 36.5 Å². The molecule has 8 heteroatoms. The van der Waals surface area contributed by atoms with Crippen LogP contribution in [0.25, 0.3) is 11.0 Å². The molecule has 8 nitrogen and oxygen atoms in total. The van der Waals surface area contributed by atoms with Crippen molar-refractivity contribution in [2.75, 3.05) is 25.9 Å². The number of aromatic nitrogens is 2. The normalized spacial score (nSPS) is 17.1. The Morgan fingerprint density at radius 3 is 3.07 bits per heavy atom. The monoisotopic (exact) mass is 367 g/mol. The number of likely N-dealkylation sites (tertiary alicyclic amines) is 1. The maximum Gasteiger partial charge on any atom is 0.257 e. The predicted octanol–water partition coefficient (Wildman–Crippen LogP) is 1.44. The van der Waals surface area contributed by atoms with Gasteiger partial charge in [0.2, 0.25) is 5.95 Å². The standard InChI is InChI=1S/C19H21N5O3/c1-23(9-12-8-17(25)22-19(20)21-12)13-6-7-24(10-13)18(26)15-11-27-16-5-3-2-4-14(15)16/h2-5,8,11,13H,6-7,9-10H2,1H3,(H3,20,21,22,25)/t13-/m0/s1. The Morgan fingerprint density at radius 2 is 2.26 bits per heavy atom. The number of nitrogen functional groups attached to an aromatic ring is 1. The van der Waals surface area contributed by atoms with E-state index in [0.717, 1.165) is 11.8 Å². The van der Waals surface area contributed by atoms with Gasteiger partial charge in [-0.3, -0.25) is 19.5 Å². The number of likely N-dealkylation sites (N-methyl/N-ethyl adjacent to an activating group) is 1. The van der Waals surface area contributed by atoms with Crippen LogP contribution in [0.3, 0.4) is 0 Å². The number of hydrogen-bond donors (Lipinski definition) is 2. The van der Waals surface area contributed by atoms with Crippen LogP contribution in [-0.2, 0) is 6.54 Å². The van der Waals surface area contributed by atoms with Crippen LogP contribution in [-0.4, -0.2) is 51.9 Å². The van der Waals surface area contributed by atoms with E-state index in [-0.39, 0.29) is 23.5 Å². The zero-order valence-corrected chi connectivity index (χ0v) is 15.0. The Hall–Kier alpha value is -3.13. The van der Waals surface area contributed by atoms with Crippen LogP contribution in [0, 0.1) is 0 Å². The summed E-state index contributed by atoms with van der Waals surface area (Å²) in [4.78, 5) is 35.0. The van der Waals surface area contributed by atoms with Gasteiger partial charge in [0.25, 0.3) is 11.5 Å². The third kappa shape index (κ3) is 3.43. The van der Waals surface area contributed by atoms with Crippen molar-refractivity contribution in [2.45, 2.75) is 19.0 Å². The van der Waals surface area contributed by atoms with Crippen LogP contribution < -0.4 is 11.3 Å². The van der Waals surface area contributed by atoms with E-state index in [1.165, 1.54) is 12.3 Å². The second-order valence-corrected chi connectivity index (χ2v) is 6.88. The van der Waals surface area contributed by atoms with Gasteiger partial charge in [-0.1, -0.05) is 18.2 Å². The maximum absolute atomic E-state index is 12.9. The minimum Gasteiger partial charge on any atom is -0.463 e. The Labute approximate surface area is 155 Å². The third-order valence-electron chi connectivity index (χ3n) is 5.01. The largest absolute Gasteiger partial charge is 0.463 e. The molecule has 0 saturated carbocycles. The average molecular weight is 367 g/mol. The number of para-hydroxylation sites is 1. The number of nitrogens with zero attached hydrogens (tertiary/aromatic N) is 3. The summed E-state index contributed by atoms with van der Waals surface area (Å²) in [6.07, 6.45) is 2.39. The summed E-state index contributed by atoms with van der Waals surface area (Å²) >= 11 is 0. The number of hydrogen-bond acceptors (Lipinski definition) is 6. The zero-order chi connectivity index (χ0) is 19.0. The van der Waals surface area contributed by atoms with Crippen molar-refractivity contribution in [3.63, 3.8) is 0 Å². The Bertz CT molecular complexity index is 1040. The van der Waals surface area contributed by atoms with Gasteiger partial charge in [0.15, 0.2) is 0 Å². The van der Waals surface area contributed by atoms with E-state index >= 15 is 0 Å². The number of nitrogens with one attached hydrogen (secondary N) is 1. The van der Waals surface area contributed by atoms with Gasteiger partial charge < -0.3 is 15.1 Å². The van der Waals surface area contributed by atoms with E-state index in [4.69, 9.17) is 10.2 Å². The lowest BCUT2D eigenvalue weighted by molar-refractivity contribution is 0.0780. The van der Waals surface area contributed by atoms with Crippen molar-refractivity contribution in [1.82, 2.24) is 19.8 Å². The molecule has 140 valence electrons. The molecule has 3 N–H and O–H groups in total. The molecule has 1 aliphatic rings. The molecule has 1 atom stereocenters. The van der Waals surface area contributed by atoms with Gasteiger partial charge in [0.05, 0.1) is 11.3 Å². The Morgan fingerprint density at radius 1 is 1.44 bits per heavy atom. The van der Waals surface area contributed by atoms with Gasteiger partial charge in [-0.2, -0.15) is 0 Å². The summed E-state index contributed by atoms with van der Waals surface area (Å²) in [6, 6.07) is 9.17. The van der Waals surface area contributed by atoms with E-state index < -0.39 is 0 Å². The molecule has 0 aliphatic carbocycles. The fourth-order valence-corrected chi connectivity index (χ4v) is 3.59. The van der Waals surface area contributed by atoms with Crippen molar-refractivity contribution in [1.29, 1.82) is 0 Å². The first kappa shape index (κ1) is 17.3. The Kier molecular flexibility index (Phi) is 4.41. The maximum atomic E-state index is 12.9. The fourth-order valence-electron chi connectivity index (χ4n) is 3.59. The lowest BCUT2D eigenvalue weighted by Crippen LogP contribution is -2.36. The first-order valence-corrected chi connectivity index (χ1v) is 8.83. The molecule has 0 spiro atoms. The molecular formula is C19H21N5O3. The van der Waals surface area contributed by atoms with E-state index in [1.54, 1.807) is 0 Å². The number of H-pyrrole nitrogens is 1. The van der Waals surface area contributed by atoms with Gasteiger partial charge in [-0.15, -0.1) is 0 Å². The quantitative estimate of drug-likeness (QED) is 0.722. The average Bonchev–Trinajstić information content (AvgIpc) is 3.28. The molecule has 3 heterocycles. The number of nitrogens with two attached hydrogens (primary N) is 1. The van der Waals surface area contributed by atoms with Crippen molar-refractivity contribution in [3.05, 3.63) is 58.2 Å². The lowest BCUT2D eigenvalue weighted by atomic mass is 10.1. The molecule has 2 aromatic heterocycles. The molecule has 1 fully saturated rings. The third-order valence-corrected chi connectivity index (χ3v) is 5.01. The van der Waals surface area contributed by atoms with Crippen LogP contribution in [0.4, 0.5) is 5.95 Å². The first-order valence-electron chi connectivity index (χ1n) is 8.83. The highest BCUT2D eigenvalue weighted by atomic mass is 16.3. The molecule has 0 unspecified atom stereocenters. The molecule has 27 heavy (non-hydrogen) atoms. The van der Waals surface area contributed by atoms with Crippen molar-refractivity contribution >= 4 is 22.8 Å². The molecule has 1 aliphatic heterocycles. The number of benzene rings is 1. The predicted molar refractivity (Wildman–Crippen MR) is 101 cm³/mol. The number of amides is 1. The zero-order valence-electron chi connectivity index (χ0n) is 15.0. The smallest absolute Gasteiger partial charge is 0.257 e. The number of rotatable bonds is 4. The number of fused-ring (bicyclic) bond motifs is 1. The van der Waals surface area contributed by atoms with Crippen LogP contribution in [0.5, 0.6) is 0 Å². The highest BCUT2D eigenvalue weighted by Gasteiger charge is 2.30. The van der Waals surface area contributed by atoms with Crippen molar-refractivity contribution in [3.8, 4) is 0 Å². The van der Waals surface area contributed by atoms with Crippen LogP contribution in [0.1, 0.15) is 22.5 Å². The van der Waals surface area contributed by atoms with Gasteiger partial charge >= 0.3 is 0 Å². The highest BCUT2D eigenvalue weighted by Crippen LogP contribution is 2.25. The molecule has 0 radical (unpaired) electrons. The molecule has 1 saturated heterocycles. The van der Waals surface area contributed by atoms with Gasteiger partial charge in [0, 0.05) is 37.1 Å². The summed E-state index contributed by atoms with van der Waals surface area (Å²) in [6.45, 7) is 1.79.